The number of carbonyl (C=O) groups is 1. The number of amides is 1. The van der Waals surface area contributed by atoms with E-state index in [0.29, 0.717) is 32.4 Å². The predicted molar refractivity (Wildman–Crippen MR) is 70.9 cm³/mol. The lowest BCUT2D eigenvalue weighted by Crippen LogP contribution is -2.43. The highest BCUT2D eigenvalue weighted by atomic mass is 16.3. The van der Waals surface area contributed by atoms with E-state index in [4.69, 9.17) is 0 Å². The maximum atomic E-state index is 11.5. The van der Waals surface area contributed by atoms with Crippen LogP contribution >= 0.6 is 0 Å². The summed E-state index contributed by atoms with van der Waals surface area (Å²) in [6.45, 7) is 11.1. The minimum absolute atomic E-state index is 0.0120. The van der Waals surface area contributed by atoms with Crippen molar-refractivity contribution in [1.29, 1.82) is 0 Å². The SMILES string of the molecule is CCC(O)(CC)CNC(=O)CCNC(C)(C)C. The Morgan fingerprint density at radius 1 is 1.18 bits per heavy atom. The molecule has 0 aromatic heterocycles. The van der Waals surface area contributed by atoms with E-state index in [1.54, 1.807) is 0 Å². The number of hydrogen-bond donors (Lipinski definition) is 3. The monoisotopic (exact) mass is 244 g/mol. The molecule has 0 heterocycles. The van der Waals surface area contributed by atoms with Gasteiger partial charge in [0.05, 0.1) is 5.60 Å². The van der Waals surface area contributed by atoms with Crippen molar-refractivity contribution < 1.29 is 9.90 Å². The molecule has 0 aromatic carbocycles. The molecule has 102 valence electrons. The highest BCUT2D eigenvalue weighted by Gasteiger charge is 2.22. The Labute approximate surface area is 105 Å². The molecule has 17 heavy (non-hydrogen) atoms. The summed E-state index contributed by atoms with van der Waals surface area (Å²) in [6.07, 6.45) is 1.76. The molecular formula is C13H28N2O2. The number of carbonyl (C=O) groups excluding carboxylic acids is 1. The number of aliphatic hydroxyl groups is 1. The molecule has 0 atom stereocenters. The van der Waals surface area contributed by atoms with Gasteiger partial charge in [0.2, 0.25) is 5.91 Å². The second kappa shape index (κ2) is 6.97. The lowest BCUT2D eigenvalue weighted by atomic mass is 9.97. The summed E-state index contributed by atoms with van der Waals surface area (Å²) in [5, 5.41) is 16.0. The van der Waals surface area contributed by atoms with E-state index in [-0.39, 0.29) is 11.4 Å². The van der Waals surface area contributed by atoms with Gasteiger partial charge in [-0.05, 0) is 33.6 Å². The molecule has 0 saturated carbocycles. The summed E-state index contributed by atoms with van der Waals surface area (Å²) in [7, 11) is 0. The van der Waals surface area contributed by atoms with Gasteiger partial charge in [-0.3, -0.25) is 4.79 Å². The molecule has 0 aliphatic heterocycles. The van der Waals surface area contributed by atoms with Crippen molar-refractivity contribution >= 4 is 5.91 Å². The average Bonchev–Trinajstić information content (AvgIpc) is 2.24. The van der Waals surface area contributed by atoms with Crippen LogP contribution < -0.4 is 10.6 Å². The van der Waals surface area contributed by atoms with Gasteiger partial charge in [0.15, 0.2) is 0 Å². The predicted octanol–water partition coefficient (Wildman–Crippen LogP) is 1.43. The molecule has 0 fully saturated rings. The summed E-state index contributed by atoms with van der Waals surface area (Å²) in [5.41, 5.74) is -0.721. The molecule has 0 rings (SSSR count). The van der Waals surface area contributed by atoms with Crippen molar-refractivity contribution in [2.24, 2.45) is 0 Å². The second-order valence-electron chi connectivity index (χ2n) is 5.63. The largest absolute Gasteiger partial charge is 0.388 e. The van der Waals surface area contributed by atoms with Crippen LogP contribution in [0.4, 0.5) is 0 Å². The fourth-order valence-corrected chi connectivity index (χ4v) is 1.40. The van der Waals surface area contributed by atoms with Gasteiger partial charge >= 0.3 is 0 Å². The third-order valence-electron chi connectivity index (χ3n) is 2.94. The van der Waals surface area contributed by atoms with Crippen molar-refractivity contribution in [3.8, 4) is 0 Å². The summed E-state index contributed by atoms with van der Waals surface area (Å²) in [5.74, 6) is -0.0120. The maximum absolute atomic E-state index is 11.5. The fourth-order valence-electron chi connectivity index (χ4n) is 1.40. The molecule has 1 amide bonds. The highest BCUT2D eigenvalue weighted by molar-refractivity contribution is 5.76. The maximum Gasteiger partial charge on any atom is 0.221 e. The number of hydrogen-bond acceptors (Lipinski definition) is 3. The van der Waals surface area contributed by atoms with Crippen molar-refractivity contribution in [2.45, 2.75) is 65.0 Å². The number of rotatable bonds is 7. The summed E-state index contributed by atoms with van der Waals surface area (Å²) >= 11 is 0. The molecule has 0 unspecified atom stereocenters. The number of nitrogens with one attached hydrogen (secondary N) is 2. The zero-order valence-corrected chi connectivity index (χ0v) is 11.9. The normalized spacial score (nSPS) is 12.6. The quantitative estimate of drug-likeness (QED) is 0.635. The van der Waals surface area contributed by atoms with Crippen LogP contribution in [-0.4, -0.2) is 35.2 Å². The van der Waals surface area contributed by atoms with E-state index in [1.807, 2.05) is 13.8 Å². The first-order valence-corrected chi connectivity index (χ1v) is 6.46. The summed E-state index contributed by atoms with van der Waals surface area (Å²) in [4.78, 5) is 11.5. The zero-order valence-electron chi connectivity index (χ0n) is 11.9. The molecule has 0 saturated heterocycles. The van der Waals surface area contributed by atoms with Crippen LogP contribution in [0.3, 0.4) is 0 Å². The third kappa shape index (κ3) is 8.16. The van der Waals surface area contributed by atoms with Crippen LogP contribution in [0.15, 0.2) is 0 Å². The lowest BCUT2D eigenvalue weighted by molar-refractivity contribution is -0.122. The molecule has 0 aromatic rings. The summed E-state index contributed by atoms with van der Waals surface area (Å²) < 4.78 is 0. The van der Waals surface area contributed by atoms with Crippen LogP contribution in [0, 0.1) is 0 Å². The Morgan fingerprint density at radius 2 is 1.71 bits per heavy atom. The van der Waals surface area contributed by atoms with Gasteiger partial charge in [0.1, 0.15) is 0 Å². The molecule has 0 aliphatic rings. The smallest absolute Gasteiger partial charge is 0.221 e. The van der Waals surface area contributed by atoms with Gasteiger partial charge in [0, 0.05) is 25.0 Å². The molecule has 0 bridgehead atoms. The van der Waals surface area contributed by atoms with Crippen molar-refractivity contribution in [2.75, 3.05) is 13.1 Å². The Bertz CT molecular complexity index is 230. The molecule has 4 nitrogen and oxygen atoms in total. The highest BCUT2D eigenvalue weighted by Crippen LogP contribution is 2.12. The van der Waals surface area contributed by atoms with E-state index in [9.17, 15) is 9.90 Å². The fraction of sp³-hybridized carbons (Fsp3) is 0.923. The first-order valence-electron chi connectivity index (χ1n) is 6.46. The first-order chi connectivity index (χ1) is 7.72. The Kier molecular flexibility index (Phi) is 6.72. The van der Waals surface area contributed by atoms with Gasteiger partial charge in [-0.2, -0.15) is 0 Å². The lowest BCUT2D eigenvalue weighted by Gasteiger charge is -2.25. The average molecular weight is 244 g/mol. The van der Waals surface area contributed by atoms with E-state index < -0.39 is 5.60 Å². The second-order valence-corrected chi connectivity index (χ2v) is 5.63. The van der Waals surface area contributed by atoms with Gasteiger partial charge < -0.3 is 15.7 Å². The van der Waals surface area contributed by atoms with Crippen LogP contribution in [0.25, 0.3) is 0 Å². The standard InChI is InChI=1S/C13H28N2O2/c1-6-13(17,7-2)10-14-11(16)8-9-15-12(3,4)5/h15,17H,6-10H2,1-5H3,(H,14,16). The van der Waals surface area contributed by atoms with E-state index in [2.05, 4.69) is 31.4 Å². The first kappa shape index (κ1) is 16.4. The zero-order chi connectivity index (χ0) is 13.5. The van der Waals surface area contributed by atoms with Gasteiger partial charge in [-0.25, -0.2) is 0 Å². The molecule has 0 spiro atoms. The Balaban J connectivity index is 3.81. The van der Waals surface area contributed by atoms with Crippen LogP contribution in [0.2, 0.25) is 0 Å². The van der Waals surface area contributed by atoms with Crippen molar-refractivity contribution in [1.82, 2.24) is 10.6 Å². The van der Waals surface area contributed by atoms with Crippen LogP contribution in [0.1, 0.15) is 53.9 Å². The molecule has 0 radical (unpaired) electrons. The van der Waals surface area contributed by atoms with Gasteiger partial charge in [0.25, 0.3) is 0 Å². The van der Waals surface area contributed by atoms with E-state index >= 15 is 0 Å². The minimum Gasteiger partial charge on any atom is -0.388 e. The van der Waals surface area contributed by atoms with E-state index in [0.717, 1.165) is 0 Å². The van der Waals surface area contributed by atoms with Crippen molar-refractivity contribution in [3.63, 3.8) is 0 Å². The van der Waals surface area contributed by atoms with Gasteiger partial charge in [-0.15, -0.1) is 0 Å². The topological polar surface area (TPSA) is 61.4 Å². The third-order valence-corrected chi connectivity index (χ3v) is 2.94. The Morgan fingerprint density at radius 3 is 2.12 bits per heavy atom. The van der Waals surface area contributed by atoms with E-state index in [1.165, 1.54) is 0 Å². The van der Waals surface area contributed by atoms with Gasteiger partial charge in [-0.1, -0.05) is 13.8 Å². The summed E-state index contributed by atoms with van der Waals surface area (Å²) in [6, 6.07) is 0. The minimum atomic E-state index is -0.757. The molecule has 3 N–H and O–H groups in total. The van der Waals surface area contributed by atoms with Crippen LogP contribution in [-0.2, 0) is 4.79 Å². The molecule has 0 aliphatic carbocycles. The molecular weight excluding hydrogens is 216 g/mol. The van der Waals surface area contributed by atoms with Crippen molar-refractivity contribution in [3.05, 3.63) is 0 Å². The molecule has 4 heteroatoms. The van der Waals surface area contributed by atoms with Crippen LogP contribution in [0.5, 0.6) is 0 Å². The Hall–Kier alpha value is -0.610.